The highest BCUT2D eigenvalue weighted by Crippen LogP contribution is 2.20. The number of likely N-dealkylation sites (tertiary alicyclic amines) is 1. The summed E-state index contributed by atoms with van der Waals surface area (Å²) in [5.41, 5.74) is 5.47. The Morgan fingerprint density at radius 2 is 2.39 bits per heavy atom. The van der Waals surface area contributed by atoms with Gasteiger partial charge in [0.1, 0.15) is 0 Å². The Kier molecular flexibility index (Phi) is 5.13. The quantitative estimate of drug-likeness (QED) is 0.825. The fraction of sp³-hybridized carbons (Fsp3) is 0.846. The molecule has 5 heteroatoms. The van der Waals surface area contributed by atoms with Crippen molar-refractivity contribution in [2.75, 3.05) is 26.2 Å². The first-order valence-corrected chi connectivity index (χ1v) is 7.05. The molecule has 2 rings (SSSR count). The second-order valence-electron chi connectivity index (χ2n) is 5.10. The Morgan fingerprint density at radius 3 is 3.17 bits per heavy atom. The van der Waals surface area contributed by atoms with Crippen molar-refractivity contribution >= 4 is 0 Å². The van der Waals surface area contributed by atoms with Crippen molar-refractivity contribution in [1.82, 2.24) is 15.0 Å². The molecule has 0 amide bonds. The molecule has 0 saturated carbocycles. The lowest BCUT2D eigenvalue weighted by molar-refractivity contribution is 0.174. The second kappa shape index (κ2) is 6.85. The number of rotatable bonds is 6. The molecular weight excluding hydrogens is 228 g/mol. The van der Waals surface area contributed by atoms with E-state index in [9.17, 15) is 0 Å². The minimum Gasteiger partial charge on any atom is -0.339 e. The molecule has 0 spiro atoms. The van der Waals surface area contributed by atoms with Gasteiger partial charge in [0, 0.05) is 19.4 Å². The standard InChI is InChI=1S/C13H24N4O/c1-2-17-8-4-5-11(10-17)9-13-15-12(16-18-13)6-3-7-14/h11H,2-10,14H2,1H3. The molecule has 0 radical (unpaired) electrons. The molecule has 18 heavy (non-hydrogen) atoms. The van der Waals surface area contributed by atoms with Gasteiger partial charge in [0.2, 0.25) is 5.89 Å². The van der Waals surface area contributed by atoms with Crippen molar-refractivity contribution in [3.8, 4) is 0 Å². The predicted octanol–water partition coefficient (Wildman–Crippen LogP) is 1.24. The summed E-state index contributed by atoms with van der Waals surface area (Å²) in [7, 11) is 0. The number of aryl methyl sites for hydroxylation is 1. The summed E-state index contributed by atoms with van der Waals surface area (Å²) in [6.07, 6.45) is 5.23. The molecule has 102 valence electrons. The zero-order chi connectivity index (χ0) is 12.8. The zero-order valence-electron chi connectivity index (χ0n) is 11.3. The summed E-state index contributed by atoms with van der Waals surface area (Å²) >= 11 is 0. The third kappa shape index (κ3) is 3.78. The van der Waals surface area contributed by atoms with Crippen LogP contribution in [-0.4, -0.2) is 41.2 Å². The van der Waals surface area contributed by atoms with Crippen LogP contribution in [0.4, 0.5) is 0 Å². The van der Waals surface area contributed by atoms with Crippen molar-refractivity contribution in [3.63, 3.8) is 0 Å². The van der Waals surface area contributed by atoms with Gasteiger partial charge in [-0.2, -0.15) is 4.98 Å². The summed E-state index contributed by atoms with van der Waals surface area (Å²) in [4.78, 5) is 6.94. The zero-order valence-corrected chi connectivity index (χ0v) is 11.3. The Morgan fingerprint density at radius 1 is 1.50 bits per heavy atom. The van der Waals surface area contributed by atoms with Crippen molar-refractivity contribution in [1.29, 1.82) is 0 Å². The van der Waals surface area contributed by atoms with Gasteiger partial charge in [-0.3, -0.25) is 0 Å². The predicted molar refractivity (Wildman–Crippen MR) is 70.2 cm³/mol. The van der Waals surface area contributed by atoms with E-state index in [2.05, 4.69) is 22.0 Å². The second-order valence-corrected chi connectivity index (χ2v) is 5.10. The van der Waals surface area contributed by atoms with Gasteiger partial charge in [-0.25, -0.2) is 0 Å². The van der Waals surface area contributed by atoms with Crippen LogP contribution in [0.1, 0.15) is 37.9 Å². The SMILES string of the molecule is CCN1CCCC(Cc2nc(CCCN)no2)C1. The van der Waals surface area contributed by atoms with Gasteiger partial charge in [0.05, 0.1) is 0 Å². The molecule has 0 aromatic carbocycles. The van der Waals surface area contributed by atoms with Gasteiger partial charge in [0.25, 0.3) is 0 Å². The molecule has 1 atom stereocenters. The van der Waals surface area contributed by atoms with Crippen LogP contribution < -0.4 is 5.73 Å². The minimum absolute atomic E-state index is 0.668. The first-order valence-electron chi connectivity index (χ1n) is 7.05. The lowest BCUT2D eigenvalue weighted by Gasteiger charge is -2.30. The Hall–Kier alpha value is -0.940. The highest BCUT2D eigenvalue weighted by Gasteiger charge is 2.21. The third-order valence-electron chi connectivity index (χ3n) is 3.63. The maximum Gasteiger partial charge on any atom is 0.226 e. The molecule has 1 unspecified atom stereocenters. The van der Waals surface area contributed by atoms with Gasteiger partial charge >= 0.3 is 0 Å². The Balaban J connectivity index is 1.83. The van der Waals surface area contributed by atoms with Crippen LogP contribution in [0.3, 0.4) is 0 Å². The van der Waals surface area contributed by atoms with E-state index < -0.39 is 0 Å². The maximum atomic E-state index is 5.47. The monoisotopic (exact) mass is 252 g/mol. The number of aromatic nitrogens is 2. The van der Waals surface area contributed by atoms with E-state index in [1.54, 1.807) is 0 Å². The van der Waals surface area contributed by atoms with E-state index in [-0.39, 0.29) is 0 Å². The molecule has 0 bridgehead atoms. The summed E-state index contributed by atoms with van der Waals surface area (Å²) in [5.74, 6) is 2.27. The molecule has 0 aliphatic carbocycles. The van der Waals surface area contributed by atoms with E-state index in [0.29, 0.717) is 12.5 Å². The molecule has 2 heterocycles. The first kappa shape index (κ1) is 13.5. The van der Waals surface area contributed by atoms with Gasteiger partial charge < -0.3 is 15.2 Å². The van der Waals surface area contributed by atoms with Gasteiger partial charge in [-0.05, 0) is 44.8 Å². The fourth-order valence-corrected chi connectivity index (χ4v) is 2.59. The third-order valence-corrected chi connectivity index (χ3v) is 3.63. The summed E-state index contributed by atoms with van der Waals surface area (Å²) in [6, 6.07) is 0. The normalized spacial score (nSPS) is 21.3. The van der Waals surface area contributed by atoms with E-state index in [1.807, 2.05) is 0 Å². The van der Waals surface area contributed by atoms with Gasteiger partial charge in [0.15, 0.2) is 5.82 Å². The fourth-order valence-electron chi connectivity index (χ4n) is 2.59. The van der Waals surface area contributed by atoms with Crippen LogP contribution in [-0.2, 0) is 12.8 Å². The molecule has 1 aromatic heterocycles. The molecule has 1 aliphatic heterocycles. The van der Waals surface area contributed by atoms with Crippen LogP contribution in [0.2, 0.25) is 0 Å². The topological polar surface area (TPSA) is 68.2 Å². The summed E-state index contributed by atoms with van der Waals surface area (Å²) in [5, 5.41) is 4.00. The molecular formula is C13H24N4O. The molecule has 1 aliphatic rings. The van der Waals surface area contributed by atoms with E-state index >= 15 is 0 Å². The van der Waals surface area contributed by atoms with E-state index in [4.69, 9.17) is 10.3 Å². The molecule has 1 aromatic rings. The van der Waals surface area contributed by atoms with Crippen LogP contribution >= 0.6 is 0 Å². The average molecular weight is 252 g/mol. The number of nitrogens with two attached hydrogens (primary N) is 1. The largest absolute Gasteiger partial charge is 0.339 e. The molecule has 1 saturated heterocycles. The van der Waals surface area contributed by atoms with Crippen LogP contribution in [0.5, 0.6) is 0 Å². The summed E-state index contributed by atoms with van der Waals surface area (Å²) < 4.78 is 5.31. The number of nitrogens with zero attached hydrogens (tertiary/aromatic N) is 3. The van der Waals surface area contributed by atoms with Crippen molar-refractivity contribution in [2.45, 2.75) is 39.0 Å². The lowest BCUT2D eigenvalue weighted by Crippen LogP contribution is -2.35. The number of hydrogen-bond acceptors (Lipinski definition) is 5. The molecule has 5 nitrogen and oxygen atoms in total. The van der Waals surface area contributed by atoms with Crippen LogP contribution in [0, 0.1) is 5.92 Å². The smallest absolute Gasteiger partial charge is 0.226 e. The van der Waals surface area contributed by atoms with E-state index in [0.717, 1.165) is 44.1 Å². The minimum atomic E-state index is 0.668. The van der Waals surface area contributed by atoms with Gasteiger partial charge in [-0.1, -0.05) is 12.1 Å². The maximum absolute atomic E-state index is 5.47. The average Bonchev–Trinajstić information content (AvgIpc) is 2.84. The van der Waals surface area contributed by atoms with Crippen LogP contribution in [0.25, 0.3) is 0 Å². The van der Waals surface area contributed by atoms with Crippen molar-refractivity contribution in [2.24, 2.45) is 11.7 Å². The molecule has 1 fully saturated rings. The summed E-state index contributed by atoms with van der Waals surface area (Å²) in [6.45, 7) is 6.44. The molecule has 2 N–H and O–H groups in total. The Bertz CT molecular complexity index is 353. The number of hydrogen-bond donors (Lipinski definition) is 1. The lowest BCUT2D eigenvalue weighted by atomic mass is 9.95. The highest BCUT2D eigenvalue weighted by molar-refractivity contribution is 4.89. The number of piperidine rings is 1. The first-order chi connectivity index (χ1) is 8.81. The Labute approximate surface area is 109 Å². The highest BCUT2D eigenvalue weighted by atomic mass is 16.5. The van der Waals surface area contributed by atoms with E-state index in [1.165, 1.54) is 19.4 Å². The van der Waals surface area contributed by atoms with Crippen molar-refractivity contribution in [3.05, 3.63) is 11.7 Å². The van der Waals surface area contributed by atoms with Gasteiger partial charge in [-0.15, -0.1) is 0 Å². The van der Waals surface area contributed by atoms with Crippen molar-refractivity contribution < 1.29 is 4.52 Å². The van der Waals surface area contributed by atoms with Crippen LogP contribution in [0.15, 0.2) is 4.52 Å².